The van der Waals surface area contributed by atoms with Crippen molar-refractivity contribution < 1.29 is 5.11 Å². The zero-order chi connectivity index (χ0) is 12.4. The van der Waals surface area contributed by atoms with E-state index in [0.29, 0.717) is 6.42 Å². The molecular formula is C14H19NO. The van der Waals surface area contributed by atoms with E-state index in [-0.39, 0.29) is 0 Å². The topological polar surface area (TPSA) is 44.0 Å². The van der Waals surface area contributed by atoms with Gasteiger partial charge in [-0.2, -0.15) is 5.26 Å². The molecule has 2 atom stereocenters. The molecule has 1 aromatic rings. The molecule has 0 saturated carbocycles. The quantitative estimate of drug-likeness (QED) is 0.845. The Morgan fingerprint density at radius 2 is 1.75 bits per heavy atom. The fourth-order valence-electron chi connectivity index (χ4n) is 1.73. The molecule has 1 N–H and O–H groups in total. The van der Waals surface area contributed by atoms with Crippen LogP contribution in [-0.2, 0) is 5.60 Å². The van der Waals surface area contributed by atoms with Crippen molar-refractivity contribution in [2.24, 2.45) is 5.41 Å². The maximum absolute atomic E-state index is 10.6. The molecule has 2 heteroatoms. The van der Waals surface area contributed by atoms with Crippen LogP contribution in [0.1, 0.15) is 38.3 Å². The minimum absolute atomic E-state index is 0.615. The van der Waals surface area contributed by atoms with Gasteiger partial charge < -0.3 is 5.11 Å². The molecule has 0 bridgehead atoms. The molecule has 0 aromatic heterocycles. The minimum Gasteiger partial charge on any atom is -0.384 e. The number of benzene rings is 1. The molecule has 0 radical (unpaired) electrons. The highest BCUT2D eigenvalue weighted by Crippen LogP contribution is 2.41. The molecule has 0 aliphatic carbocycles. The number of hydrogen-bond donors (Lipinski definition) is 1. The Labute approximate surface area is 97.5 Å². The number of hydrogen-bond acceptors (Lipinski definition) is 2. The van der Waals surface area contributed by atoms with Crippen molar-refractivity contribution in [1.82, 2.24) is 0 Å². The van der Waals surface area contributed by atoms with Crippen LogP contribution >= 0.6 is 0 Å². The molecule has 0 aliphatic heterocycles. The molecule has 86 valence electrons. The predicted octanol–water partition coefficient (Wildman–Crippen LogP) is 3.14. The average molecular weight is 217 g/mol. The lowest BCUT2D eigenvalue weighted by Gasteiger charge is -2.37. The molecule has 0 spiro atoms. The number of nitrogens with zero attached hydrogens (tertiary/aromatic N) is 1. The summed E-state index contributed by atoms with van der Waals surface area (Å²) in [6.07, 6.45) is 0.615. The van der Waals surface area contributed by atoms with Crippen LogP contribution in [0.2, 0.25) is 0 Å². The first-order valence-corrected chi connectivity index (χ1v) is 5.58. The van der Waals surface area contributed by atoms with Gasteiger partial charge in [0.25, 0.3) is 0 Å². The van der Waals surface area contributed by atoms with Gasteiger partial charge in [-0.15, -0.1) is 0 Å². The molecule has 0 fully saturated rings. The second-order valence-electron chi connectivity index (χ2n) is 4.74. The van der Waals surface area contributed by atoms with Gasteiger partial charge in [-0.1, -0.05) is 36.8 Å². The Morgan fingerprint density at radius 1 is 1.25 bits per heavy atom. The number of nitriles is 1. The molecular weight excluding hydrogens is 198 g/mol. The van der Waals surface area contributed by atoms with E-state index in [9.17, 15) is 10.4 Å². The lowest BCUT2D eigenvalue weighted by molar-refractivity contribution is -0.0379. The molecule has 0 heterocycles. The maximum atomic E-state index is 10.6. The summed E-state index contributed by atoms with van der Waals surface area (Å²) in [7, 11) is 0. The molecule has 16 heavy (non-hydrogen) atoms. The number of rotatable bonds is 3. The smallest absolute Gasteiger partial charge is 0.105 e. The highest BCUT2D eigenvalue weighted by atomic mass is 16.3. The van der Waals surface area contributed by atoms with Crippen LogP contribution in [0.5, 0.6) is 0 Å². The summed E-state index contributed by atoms with van der Waals surface area (Å²) in [5, 5.41) is 19.8. The predicted molar refractivity (Wildman–Crippen MR) is 64.8 cm³/mol. The zero-order valence-corrected chi connectivity index (χ0v) is 10.4. The zero-order valence-electron chi connectivity index (χ0n) is 10.4. The van der Waals surface area contributed by atoms with Gasteiger partial charge in [0.05, 0.1) is 11.5 Å². The summed E-state index contributed by atoms with van der Waals surface area (Å²) in [4.78, 5) is 0. The monoisotopic (exact) mass is 217 g/mol. The molecule has 0 amide bonds. The largest absolute Gasteiger partial charge is 0.384 e. The molecule has 1 aromatic carbocycles. The van der Waals surface area contributed by atoms with E-state index in [2.05, 4.69) is 6.07 Å². The first kappa shape index (κ1) is 12.7. The second kappa shape index (κ2) is 4.27. The molecule has 0 aliphatic rings. The van der Waals surface area contributed by atoms with Gasteiger partial charge in [-0.25, -0.2) is 0 Å². The Kier molecular flexibility index (Phi) is 3.40. The van der Waals surface area contributed by atoms with Crippen molar-refractivity contribution in [3.8, 4) is 6.07 Å². The van der Waals surface area contributed by atoms with Crippen LogP contribution in [0.3, 0.4) is 0 Å². The molecule has 2 unspecified atom stereocenters. The van der Waals surface area contributed by atoms with E-state index in [1.165, 1.54) is 0 Å². The fraction of sp³-hybridized carbons (Fsp3) is 0.500. The van der Waals surface area contributed by atoms with Crippen molar-refractivity contribution in [3.05, 3.63) is 35.4 Å². The van der Waals surface area contributed by atoms with E-state index in [4.69, 9.17) is 0 Å². The van der Waals surface area contributed by atoms with Crippen LogP contribution in [0, 0.1) is 23.7 Å². The van der Waals surface area contributed by atoms with Gasteiger partial charge in [0, 0.05) is 0 Å². The van der Waals surface area contributed by atoms with Gasteiger partial charge in [0.1, 0.15) is 5.60 Å². The first-order valence-electron chi connectivity index (χ1n) is 5.58. The van der Waals surface area contributed by atoms with Crippen molar-refractivity contribution in [3.63, 3.8) is 0 Å². The first-order chi connectivity index (χ1) is 7.37. The van der Waals surface area contributed by atoms with E-state index in [1.807, 2.05) is 38.1 Å². The Bertz CT molecular complexity index is 400. The van der Waals surface area contributed by atoms with Crippen molar-refractivity contribution in [1.29, 1.82) is 5.26 Å². The second-order valence-corrected chi connectivity index (χ2v) is 4.74. The summed E-state index contributed by atoms with van der Waals surface area (Å²) >= 11 is 0. The summed E-state index contributed by atoms with van der Waals surface area (Å²) in [6.45, 7) is 7.44. The SMILES string of the molecule is CCC(C)(C#N)C(C)(O)c1ccc(C)cc1. The lowest BCUT2D eigenvalue weighted by Crippen LogP contribution is -2.40. The molecule has 0 saturated heterocycles. The summed E-state index contributed by atoms with van der Waals surface area (Å²) in [6, 6.07) is 9.92. The normalized spacial score (nSPS) is 18.2. The van der Waals surface area contributed by atoms with Crippen LogP contribution in [0.15, 0.2) is 24.3 Å². The highest BCUT2D eigenvalue weighted by molar-refractivity contribution is 5.30. The lowest BCUT2D eigenvalue weighted by atomic mass is 9.70. The average Bonchev–Trinajstić information content (AvgIpc) is 2.28. The van der Waals surface area contributed by atoms with Gasteiger partial charge >= 0.3 is 0 Å². The van der Waals surface area contributed by atoms with Gasteiger partial charge in [0.15, 0.2) is 0 Å². The third-order valence-electron chi connectivity index (χ3n) is 3.64. The molecule has 2 nitrogen and oxygen atoms in total. The van der Waals surface area contributed by atoms with E-state index < -0.39 is 11.0 Å². The van der Waals surface area contributed by atoms with E-state index >= 15 is 0 Å². The summed E-state index contributed by atoms with van der Waals surface area (Å²) in [5.74, 6) is 0. The molecule has 1 rings (SSSR count). The van der Waals surface area contributed by atoms with Gasteiger partial charge in [-0.3, -0.25) is 0 Å². The highest BCUT2D eigenvalue weighted by Gasteiger charge is 2.43. The van der Waals surface area contributed by atoms with E-state index in [1.54, 1.807) is 13.8 Å². The maximum Gasteiger partial charge on any atom is 0.105 e. The van der Waals surface area contributed by atoms with E-state index in [0.717, 1.165) is 11.1 Å². The van der Waals surface area contributed by atoms with Crippen molar-refractivity contribution in [2.45, 2.75) is 39.7 Å². The Balaban J connectivity index is 3.21. The third kappa shape index (κ3) is 1.96. The Morgan fingerprint density at radius 3 is 2.12 bits per heavy atom. The van der Waals surface area contributed by atoms with Crippen LogP contribution < -0.4 is 0 Å². The van der Waals surface area contributed by atoms with Crippen LogP contribution in [0.25, 0.3) is 0 Å². The van der Waals surface area contributed by atoms with Crippen LogP contribution in [0.4, 0.5) is 0 Å². The standard InChI is InChI=1S/C14H19NO/c1-5-13(3,10-15)14(4,16)12-8-6-11(2)7-9-12/h6-9,16H,5H2,1-4H3. The number of aryl methyl sites for hydroxylation is 1. The summed E-state index contributed by atoms with van der Waals surface area (Å²) < 4.78 is 0. The minimum atomic E-state index is -1.12. The van der Waals surface area contributed by atoms with Crippen molar-refractivity contribution in [2.75, 3.05) is 0 Å². The van der Waals surface area contributed by atoms with Crippen LogP contribution in [-0.4, -0.2) is 5.11 Å². The van der Waals surface area contributed by atoms with Gasteiger partial charge in [-0.05, 0) is 32.8 Å². The summed E-state index contributed by atoms with van der Waals surface area (Å²) in [5.41, 5.74) is 0.0608. The number of aliphatic hydroxyl groups is 1. The Hall–Kier alpha value is -1.33. The fourth-order valence-corrected chi connectivity index (χ4v) is 1.73. The third-order valence-corrected chi connectivity index (χ3v) is 3.64. The van der Waals surface area contributed by atoms with Crippen molar-refractivity contribution >= 4 is 0 Å². The van der Waals surface area contributed by atoms with Gasteiger partial charge in [0.2, 0.25) is 0 Å².